The number of nitrogens with zero attached hydrogens (tertiary/aromatic N) is 1. The molecule has 0 radical (unpaired) electrons. The third kappa shape index (κ3) is 1.52. The van der Waals surface area contributed by atoms with Gasteiger partial charge in [0.15, 0.2) is 0 Å². The molecule has 1 spiro atoms. The molecule has 3 aliphatic heterocycles. The van der Waals surface area contributed by atoms with E-state index in [1.807, 2.05) is 36.4 Å². The predicted molar refractivity (Wildman–Crippen MR) is 77.8 cm³/mol. The standard InChI is InChI=1S/C17H17NO4/c1-16(15(20)21)12-7-8-17(22-12)10-18(14(19)13(16)17)9-11-5-3-2-4-6-11/h2-8,12-13H,9-10H2,1H3,(H,20,21)/t12-,13+,16-,17+/m0/s1. The van der Waals surface area contributed by atoms with Crippen LogP contribution in [0.1, 0.15) is 12.5 Å². The molecule has 4 rings (SSSR count). The first kappa shape index (κ1) is 13.5. The van der Waals surface area contributed by atoms with Gasteiger partial charge in [-0.25, -0.2) is 0 Å². The molecule has 1 amide bonds. The van der Waals surface area contributed by atoms with Gasteiger partial charge in [0.25, 0.3) is 0 Å². The number of benzene rings is 1. The van der Waals surface area contributed by atoms with E-state index in [2.05, 4.69) is 0 Å². The Kier molecular flexibility index (Phi) is 2.58. The van der Waals surface area contributed by atoms with Gasteiger partial charge in [-0.1, -0.05) is 42.5 Å². The van der Waals surface area contributed by atoms with E-state index in [0.29, 0.717) is 13.1 Å². The Morgan fingerprint density at radius 2 is 2.14 bits per heavy atom. The lowest BCUT2D eigenvalue weighted by atomic mass is 9.66. The SMILES string of the molecule is C[C@]1(C(=O)O)[C@@H]2C=C[C@]3(CN(Cc4ccccc4)C(=O)[C@H]13)O2. The minimum Gasteiger partial charge on any atom is -0.481 e. The lowest BCUT2D eigenvalue weighted by Gasteiger charge is -2.30. The average molecular weight is 299 g/mol. The summed E-state index contributed by atoms with van der Waals surface area (Å²) in [4.78, 5) is 26.3. The number of carbonyl (C=O) groups excluding carboxylic acids is 1. The monoisotopic (exact) mass is 299 g/mol. The van der Waals surface area contributed by atoms with E-state index in [4.69, 9.17) is 4.74 Å². The summed E-state index contributed by atoms with van der Waals surface area (Å²) in [5, 5.41) is 9.65. The van der Waals surface area contributed by atoms with Crippen LogP contribution in [0.3, 0.4) is 0 Å². The molecule has 0 aromatic heterocycles. The maximum Gasteiger partial charge on any atom is 0.313 e. The van der Waals surface area contributed by atoms with Gasteiger partial charge in [0.1, 0.15) is 11.0 Å². The van der Waals surface area contributed by atoms with E-state index in [1.54, 1.807) is 17.9 Å². The van der Waals surface area contributed by atoms with Crippen LogP contribution in [0.5, 0.6) is 0 Å². The third-order valence-corrected chi connectivity index (χ3v) is 5.25. The fourth-order valence-electron chi connectivity index (χ4n) is 4.11. The Bertz CT molecular complexity index is 685. The van der Waals surface area contributed by atoms with Crippen molar-refractivity contribution in [2.45, 2.75) is 25.2 Å². The number of likely N-dealkylation sites (tertiary alicyclic amines) is 1. The third-order valence-electron chi connectivity index (χ3n) is 5.25. The Morgan fingerprint density at radius 3 is 2.82 bits per heavy atom. The van der Waals surface area contributed by atoms with Gasteiger partial charge in [-0.2, -0.15) is 0 Å². The minimum absolute atomic E-state index is 0.124. The van der Waals surface area contributed by atoms with E-state index in [1.165, 1.54) is 0 Å². The van der Waals surface area contributed by atoms with Crippen LogP contribution >= 0.6 is 0 Å². The van der Waals surface area contributed by atoms with Crippen molar-refractivity contribution < 1.29 is 19.4 Å². The quantitative estimate of drug-likeness (QED) is 0.858. The molecule has 22 heavy (non-hydrogen) atoms. The second-order valence-corrected chi connectivity index (χ2v) is 6.55. The van der Waals surface area contributed by atoms with Crippen molar-refractivity contribution in [2.24, 2.45) is 11.3 Å². The Morgan fingerprint density at radius 1 is 1.41 bits per heavy atom. The summed E-state index contributed by atoms with van der Waals surface area (Å²) in [7, 11) is 0. The van der Waals surface area contributed by atoms with Crippen molar-refractivity contribution in [1.82, 2.24) is 4.90 Å². The summed E-state index contributed by atoms with van der Waals surface area (Å²) in [6.45, 7) is 2.52. The summed E-state index contributed by atoms with van der Waals surface area (Å²) >= 11 is 0. The fourth-order valence-corrected chi connectivity index (χ4v) is 4.11. The highest BCUT2D eigenvalue weighted by Gasteiger charge is 2.72. The minimum atomic E-state index is -1.18. The molecule has 3 aliphatic rings. The van der Waals surface area contributed by atoms with Crippen LogP contribution in [0.15, 0.2) is 42.5 Å². The van der Waals surface area contributed by atoms with Crippen molar-refractivity contribution >= 4 is 11.9 Å². The molecule has 5 nitrogen and oxygen atoms in total. The van der Waals surface area contributed by atoms with Crippen molar-refractivity contribution in [1.29, 1.82) is 0 Å². The first-order valence-corrected chi connectivity index (χ1v) is 7.41. The highest BCUT2D eigenvalue weighted by molar-refractivity contribution is 5.93. The van der Waals surface area contributed by atoms with E-state index >= 15 is 0 Å². The van der Waals surface area contributed by atoms with Crippen LogP contribution < -0.4 is 0 Å². The van der Waals surface area contributed by atoms with Gasteiger partial charge in [-0.05, 0) is 12.5 Å². The molecule has 5 heteroatoms. The number of fused-ring (bicyclic) bond motifs is 1. The zero-order valence-corrected chi connectivity index (χ0v) is 12.2. The largest absolute Gasteiger partial charge is 0.481 e. The Hall–Kier alpha value is -2.14. The maximum atomic E-state index is 12.8. The second kappa shape index (κ2) is 4.20. The van der Waals surface area contributed by atoms with Crippen LogP contribution in [0.25, 0.3) is 0 Å². The van der Waals surface area contributed by atoms with E-state index in [-0.39, 0.29) is 5.91 Å². The van der Waals surface area contributed by atoms with Crippen LogP contribution in [-0.2, 0) is 20.9 Å². The summed E-state index contributed by atoms with van der Waals surface area (Å²) < 4.78 is 5.94. The molecule has 1 N–H and O–H groups in total. The molecular formula is C17H17NO4. The molecule has 4 atom stereocenters. The molecule has 0 saturated carbocycles. The number of carboxylic acid groups (broad SMARTS) is 1. The van der Waals surface area contributed by atoms with E-state index < -0.39 is 29.0 Å². The maximum absolute atomic E-state index is 12.8. The van der Waals surface area contributed by atoms with E-state index in [9.17, 15) is 14.7 Å². The molecular weight excluding hydrogens is 282 g/mol. The van der Waals surface area contributed by atoms with Gasteiger partial charge >= 0.3 is 5.97 Å². The number of carbonyl (C=O) groups is 2. The van der Waals surface area contributed by atoms with Gasteiger partial charge in [0.05, 0.1) is 18.6 Å². The Labute approximate surface area is 128 Å². The predicted octanol–water partition coefficient (Wildman–Crippen LogP) is 1.44. The number of hydrogen-bond acceptors (Lipinski definition) is 3. The van der Waals surface area contributed by atoms with Crippen LogP contribution in [0, 0.1) is 11.3 Å². The summed E-state index contributed by atoms with van der Waals surface area (Å²) in [5.41, 5.74) is -0.927. The van der Waals surface area contributed by atoms with Crippen molar-refractivity contribution in [3.8, 4) is 0 Å². The van der Waals surface area contributed by atoms with Gasteiger partial charge < -0.3 is 14.7 Å². The Balaban J connectivity index is 1.68. The molecule has 3 heterocycles. The van der Waals surface area contributed by atoms with Gasteiger partial charge in [-0.15, -0.1) is 0 Å². The first-order chi connectivity index (χ1) is 10.5. The van der Waals surface area contributed by atoms with Gasteiger partial charge in [0, 0.05) is 6.54 Å². The number of hydrogen-bond donors (Lipinski definition) is 1. The van der Waals surface area contributed by atoms with Crippen molar-refractivity contribution in [3.05, 3.63) is 48.0 Å². The highest BCUT2D eigenvalue weighted by atomic mass is 16.5. The molecule has 1 aromatic carbocycles. The highest BCUT2D eigenvalue weighted by Crippen LogP contribution is 2.58. The first-order valence-electron chi connectivity index (χ1n) is 7.41. The average Bonchev–Trinajstić information content (AvgIpc) is 3.10. The molecule has 2 saturated heterocycles. The molecule has 2 bridgehead atoms. The second-order valence-electron chi connectivity index (χ2n) is 6.55. The molecule has 2 fully saturated rings. The molecule has 114 valence electrons. The van der Waals surface area contributed by atoms with Crippen molar-refractivity contribution in [2.75, 3.05) is 6.54 Å². The lowest BCUT2D eigenvalue weighted by Crippen LogP contribution is -2.47. The lowest BCUT2D eigenvalue weighted by molar-refractivity contribution is -0.156. The van der Waals surface area contributed by atoms with Crippen LogP contribution in [0.2, 0.25) is 0 Å². The molecule has 0 aliphatic carbocycles. The number of amides is 1. The zero-order valence-electron chi connectivity index (χ0n) is 12.2. The van der Waals surface area contributed by atoms with Gasteiger partial charge in [0.2, 0.25) is 5.91 Å². The number of carboxylic acids is 1. The topological polar surface area (TPSA) is 66.8 Å². The van der Waals surface area contributed by atoms with E-state index in [0.717, 1.165) is 5.56 Å². The van der Waals surface area contributed by atoms with Crippen molar-refractivity contribution in [3.63, 3.8) is 0 Å². The summed E-state index contributed by atoms with van der Waals surface area (Å²) in [6, 6.07) is 9.71. The number of ether oxygens (including phenoxy) is 1. The number of rotatable bonds is 3. The zero-order chi connectivity index (χ0) is 15.5. The van der Waals surface area contributed by atoms with Crippen LogP contribution in [0.4, 0.5) is 0 Å². The molecule has 0 unspecified atom stereocenters. The van der Waals surface area contributed by atoms with Crippen LogP contribution in [-0.4, -0.2) is 40.1 Å². The molecule has 1 aromatic rings. The normalized spacial score (nSPS) is 38.6. The summed E-state index contributed by atoms with van der Waals surface area (Å²) in [5.74, 6) is -1.74. The van der Waals surface area contributed by atoms with Gasteiger partial charge in [-0.3, -0.25) is 9.59 Å². The number of aliphatic carboxylic acids is 1. The smallest absolute Gasteiger partial charge is 0.313 e. The fraction of sp³-hybridized carbons (Fsp3) is 0.412. The summed E-state index contributed by atoms with van der Waals surface area (Å²) in [6.07, 6.45) is 3.16.